The molecule has 5 rings (SSSR count). The van der Waals surface area contributed by atoms with Crippen LogP contribution in [0.4, 0.5) is 5.69 Å². The summed E-state index contributed by atoms with van der Waals surface area (Å²) < 4.78 is 67.9. The van der Waals surface area contributed by atoms with Gasteiger partial charge in [0, 0.05) is 59.6 Å². The molecule has 2 heterocycles. The highest BCUT2D eigenvalue weighted by atomic mass is 32.2. The predicted octanol–water partition coefficient (Wildman–Crippen LogP) is 8.72. The maximum atomic E-state index is 14.6. The number of hydrogen-bond acceptors (Lipinski definition) is 9. The van der Waals surface area contributed by atoms with Crippen molar-refractivity contribution in [3.05, 3.63) is 89.0 Å². The first kappa shape index (κ1) is 45.3. The van der Waals surface area contributed by atoms with E-state index in [0.29, 0.717) is 56.3 Å². The molecule has 3 atom stereocenters. The van der Waals surface area contributed by atoms with Gasteiger partial charge in [-0.05, 0) is 77.3 Å². The van der Waals surface area contributed by atoms with E-state index in [1.54, 1.807) is 30.7 Å². The molecule has 316 valence electrons. The number of ether oxygens (including phenoxy) is 5. The Hall–Kier alpha value is -2.81. The first-order chi connectivity index (χ1) is 27.3. The lowest BCUT2D eigenvalue weighted by atomic mass is 9.85. The van der Waals surface area contributed by atoms with Crippen molar-refractivity contribution in [3.8, 4) is 5.75 Å². The van der Waals surface area contributed by atoms with Gasteiger partial charge in [0.15, 0.2) is 0 Å². The van der Waals surface area contributed by atoms with Crippen LogP contribution in [-0.4, -0.2) is 100 Å². The lowest BCUT2D eigenvalue weighted by Gasteiger charge is -2.50. The Morgan fingerprint density at radius 1 is 0.772 bits per heavy atom. The standard InChI is InChI=1S/C45H68N2O8SSi/c1-33(2)57(34(3)4,35(5)6)55-44-30-47(56(48,49)40-19-12-36(7)13-20-40)29-43(45(44)39-17-14-37(15-18-39)31-52-26-11-25-51-9)54-32-38-16-21-42-41(28-38)46(23-27-53-42)22-10-24-50-8/h12-21,28,33-35,43-45H,10-11,22-27,29-32H2,1-9H3/t43-,44+,45+/m0/s1. The van der Waals surface area contributed by atoms with Gasteiger partial charge >= 0.3 is 0 Å². The molecule has 3 aromatic rings. The Bertz CT molecular complexity index is 1770. The van der Waals surface area contributed by atoms with Crippen LogP contribution < -0.4 is 9.64 Å². The number of anilines is 1. The minimum Gasteiger partial charge on any atom is -0.490 e. The molecule has 57 heavy (non-hydrogen) atoms. The van der Waals surface area contributed by atoms with Crippen LogP contribution in [0.3, 0.4) is 0 Å². The van der Waals surface area contributed by atoms with E-state index in [-0.39, 0.29) is 23.9 Å². The Labute approximate surface area is 344 Å². The number of fused-ring (bicyclic) bond motifs is 1. The van der Waals surface area contributed by atoms with Gasteiger partial charge in [0.25, 0.3) is 0 Å². The number of benzene rings is 3. The molecule has 0 bridgehead atoms. The second kappa shape index (κ2) is 20.9. The van der Waals surface area contributed by atoms with Gasteiger partial charge < -0.3 is 33.0 Å². The van der Waals surface area contributed by atoms with Gasteiger partial charge in [-0.2, -0.15) is 4.31 Å². The van der Waals surface area contributed by atoms with Crippen molar-refractivity contribution < 1.29 is 36.5 Å². The summed E-state index contributed by atoms with van der Waals surface area (Å²) in [6.45, 7) is 21.2. The Morgan fingerprint density at radius 3 is 2.05 bits per heavy atom. The monoisotopic (exact) mass is 824 g/mol. The molecular weight excluding hydrogens is 757 g/mol. The van der Waals surface area contributed by atoms with E-state index in [4.69, 9.17) is 28.1 Å². The smallest absolute Gasteiger partial charge is 0.243 e. The zero-order chi connectivity index (χ0) is 41.2. The maximum Gasteiger partial charge on any atom is 0.243 e. The summed E-state index contributed by atoms with van der Waals surface area (Å²) in [6, 6.07) is 21.9. The second-order valence-electron chi connectivity index (χ2n) is 16.6. The fourth-order valence-electron chi connectivity index (χ4n) is 8.94. The Morgan fingerprint density at radius 2 is 1.40 bits per heavy atom. The zero-order valence-corrected chi connectivity index (χ0v) is 37.7. The molecule has 0 unspecified atom stereocenters. The van der Waals surface area contributed by atoms with Crippen molar-refractivity contribution in [2.75, 3.05) is 71.7 Å². The number of aryl methyl sites for hydroxylation is 1. The molecule has 1 fully saturated rings. The van der Waals surface area contributed by atoms with Crippen LogP contribution in [0.5, 0.6) is 5.75 Å². The van der Waals surface area contributed by atoms with Crippen LogP contribution in [0.2, 0.25) is 16.6 Å². The first-order valence-corrected chi connectivity index (χ1v) is 24.4. The summed E-state index contributed by atoms with van der Waals surface area (Å²) in [5.74, 6) is 0.641. The topological polar surface area (TPSA) is 96.0 Å². The molecule has 2 aliphatic rings. The summed E-state index contributed by atoms with van der Waals surface area (Å²) in [5.41, 5.74) is 6.13. The van der Waals surface area contributed by atoms with Crippen molar-refractivity contribution in [3.63, 3.8) is 0 Å². The van der Waals surface area contributed by atoms with E-state index in [1.165, 1.54) is 0 Å². The third-order valence-corrected chi connectivity index (χ3v) is 19.8. The van der Waals surface area contributed by atoms with Gasteiger partial charge in [0.1, 0.15) is 12.4 Å². The SMILES string of the molecule is COCCCOCc1ccc([C@@H]2[C@@H](OCc3ccc4c(c3)N(CCCOC)CCO4)CN(S(=O)(=O)c3ccc(C)cc3)C[C@H]2O[Si](C(C)C)(C(C)C)C(C)C)cc1. The van der Waals surface area contributed by atoms with Crippen LogP contribution in [0.1, 0.15) is 82.6 Å². The molecule has 0 aromatic heterocycles. The highest BCUT2D eigenvalue weighted by Gasteiger charge is 2.51. The average Bonchev–Trinajstić information content (AvgIpc) is 3.19. The molecule has 0 N–H and O–H groups in total. The molecule has 0 amide bonds. The number of rotatable bonds is 21. The fourth-order valence-corrected chi connectivity index (χ4v) is 16.0. The molecule has 0 aliphatic carbocycles. The molecule has 3 aromatic carbocycles. The molecule has 1 saturated heterocycles. The van der Waals surface area contributed by atoms with Crippen LogP contribution >= 0.6 is 0 Å². The number of nitrogens with zero attached hydrogens (tertiary/aromatic N) is 2. The molecule has 2 aliphatic heterocycles. The van der Waals surface area contributed by atoms with Crippen molar-refractivity contribution in [2.24, 2.45) is 0 Å². The lowest BCUT2D eigenvalue weighted by molar-refractivity contribution is -0.0504. The predicted molar refractivity (Wildman–Crippen MR) is 230 cm³/mol. The van der Waals surface area contributed by atoms with Crippen molar-refractivity contribution in [1.82, 2.24) is 4.31 Å². The van der Waals surface area contributed by atoms with Crippen molar-refractivity contribution >= 4 is 24.0 Å². The lowest BCUT2D eigenvalue weighted by Crippen LogP contribution is -2.59. The van der Waals surface area contributed by atoms with Crippen molar-refractivity contribution in [1.29, 1.82) is 0 Å². The number of sulfonamides is 1. The third-order valence-electron chi connectivity index (χ3n) is 11.8. The summed E-state index contributed by atoms with van der Waals surface area (Å²) >= 11 is 0. The minimum atomic E-state index is -3.87. The quantitative estimate of drug-likeness (QED) is 0.0773. The molecular formula is C45H68N2O8SSi. The van der Waals surface area contributed by atoms with Gasteiger partial charge in [-0.25, -0.2) is 8.42 Å². The fraction of sp³-hybridized carbons (Fsp3) is 0.600. The van der Waals surface area contributed by atoms with Crippen LogP contribution in [-0.2, 0) is 46.6 Å². The van der Waals surface area contributed by atoms with Gasteiger partial charge in [-0.15, -0.1) is 0 Å². The third kappa shape index (κ3) is 11.1. The summed E-state index contributed by atoms with van der Waals surface area (Å²) in [7, 11) is -2.94. The first-order valence-electron chi connectivity index (χ1n) is 20.8. The van der Waals surface area contributed by atoms with E-state index < -0.39 is 30.5 Å². The van der Waals surface area contributed by atoms with Crippen LogP contribution in [0, 0.1) is 6.92 Å². The summed E-state index contributed by atoms with van der Waals surface area (Å²) in [5, 5.41) is 0. The summed E-state index contributed by atoms with van der Waals surface area (Å²) in [4.78, 5) is 2.63. The Kier molecular flexibility index (Phi) is 16.6. The van der Waals surface area contributed by atoms with E-state index in [1.807, 2.05) is 25.1 Å². The normalized spacial score (nSPS) is 19.4. The molecule has 0 spiro atoms. The maximum absolute atomic E-state index is 14.6. The number of hydrogen-bond donors (Lipinski definition) is 0. The van der Waals surface area contributed by atoms with Crippen LogP contribution in [0.15, 0.2) is 71.6 Å². The van der Waals surface area contributed by atoms with E-state index >= 15 is 0 Å². The zero-order valence-electron chi connectivity index (χ0n) is 35.9. The molecule has 0 saturated carbocycles. The number of piperidine rings is 1. The van der Waals surface area contributed by atoms with Gasteiger partial charge in [0.2, 0.25) is 18.3 Å². The molecule has 12 heteroatoms. The average molecular weight is 825 g/mol. The largest absolute Gasteiger partial charge is 0.490 e. The second-order valence-corrected chi connectivity index (χ2v) is 24.0. The Balaban J connectivity index is 1.54. The van der Waals surface area contributed by atoms with E-state index in [2.05, 4.69) is 82.8 Å². The van der Waals surface area contributed by atoms with Crippen molar-refractivity contribution in [2.45, 2.75) is 114 Å². The summed E-state index contributed by atoms with van der Waals surface area (Å²) in [6.07, 6.45) is 0.822. The van der Waals surface area contributed by atoms with E-state index in [9.17, 15) is 8.42 Å². The van der Waals surface area contributed by atoms with Crippen LogP contribution in [0.25, 0.3) is 0 Å². The van der Waals surface area contributed by atoms with Gasteiger partial charge in [-0.3, -0.25) is 0 Å². The highest BCUT2D eigenvalue weighted by molar-refractivity contribution is 7.89. The molecule has 10 nitrogen and oxygen atoms in total. The highest BCUT2D eigenvalue weighted by Crippen LogP contribution is 2.47. The van der Waals surface area contributed by atoms with Gasteiger partial charge in [-0.1, -0.05) is 89.6 Å². The van der Waals surface area contributed by atoms with E-state index in [0.717, 1.165) is 59.6 Å². The van der Waals surface area contributed by atoms with Gasteiger partial charge in [0.05, 0.1) is 42.5 Å². The number of methoxy groups -OCH3 is 2. The molecule has 0 radical (unpaired) electrons. The minimum absolute atomic E-state index is 0.196.